The third-order valence-corrected chi connectivity index (χ3v) is 15.8. The Morgan fingerprint density at radius 3 is 1.07 bits per heavy atom. The molecule has 90 heavy (non-hydrogen) atoms. The Morgan fingerprint density at radius 1 is 0.444 bits per heavy atom. The molecule has 471 valence electrons. The van der Waals surface area contributed by atoms with Crippen molar-refractivity contribution in [2.24, 2.45) is 14.1 Å². The van der Waals surface area contributed by atoms with E-state index >= 15 is 0 Å². The molecular formula is C68H89BN18O3+. The maximum absolute atomic E-state index is 14.0. The molecule has 0 bridgehead atoms. The number of carbonyl (C=O) groups is 3. The van der Waals surface area contributed by atoms with E-state index in [-0.39, 0.29) is 86.1 Å². The fraction of sp³-hybridized carbons (Fsp3) is 0.426. The quantitative estimate of drug-likeness (QED) is 0.0424. The summed E-state index contributed by atoms with van der Waals surface area (Å²) in [6.07, 6.45) is 12.2. The summed E-state index contributed by atoms with van der Waals surface area (Å²) in [6, 6.07) is 42.5. The van der Waals surface area contributed by atoms with Crippen LogP contribution in [0.5, 0.6) is 0 Å². The van der Waals surface area contributed by atoms with Crippen LogP contribution in [0.15, 0.2) is 165 Å². The Balaban J connectivity index is 0.000000214. The van der Waals surface area contributed by atoms with Crippen LogP contribution in [0.3, 0.4) is 0 Å². The molecule has 0 spiro atoms. The minimum absolute atomic E-state index is 0. The molecule has 0 aliphatic heterocycles. The molecule has 2 N–H and O–H groups in total. The molecule has 0 fully saturated rings. The summed E-state index contributed by atoms with van der Waals surface area (Å²) in [5.41, 5.74) is 5.92. The lowest BCUT2D eigenvalue weighted by Gasteiger charge is -2.37. The minimum atomic E-state index is -0.408. The van der Waals surface area contributed by atoms with E-state index in [1.54, 1.807) is 48.9 Å². The zero-order valence-electron chi connectivity index (χ0n) is 54.6. The van der Waals surface area contributed by atoms with Gasteiger partial charge in [0.2, 0.25) is 17.7 Å². The van der Waals surface area contributed by atoms with Crippen molar-refractivity contribution in [2.45, 2.75) is 174 Å². The van der Waals surface area contributed by atoms with Gasteiger partial charge in [0.25, 0.3) is 0 Å². The van der Waals surface area contributed by atoms with E-state index < -0.39 is 11.8 Å². The number of nitrogens with one attached hydrogen (secondary N) is 2. The first kappa shape index (κ1) is 69.9. The number of H-pyrrole nitrogens is 2. The van der Waals surface area contributed by atoms with Crippen LogP contribution in [0.25, 0.3) is 0 Å². The maximum Gasteiger partial charge on any atom is 0.300 e. The monoisotopic (exact) mass is 1220 g/mol. The first-order chi connectivity index (χ1) is 42.8. The molecule has 6 unspecified atom stereocenters. The van der Waals surface area contributed by atoms with Crippen LogP contribution in [-0.2, 0) is 47.7 Å². The predicted octanol–water partition coefficient (Wildman–Crippen LogP) is 9.11. The number of aromatic amines is 2. The van der Waals surface area contributed by atoms with Gasteiger partial charge in [-0.3, -0.25) is 29.3 Å². The standard InChI is InChI=1S/2C23H30N6O.C22H28N6O.B/c1-16(2)29(17(3)4)23(30)22(19-12-9-13-24-15-19)20(18-10-7-6-8-11-18)14-21-25-26-27-28(21)5;1-16(2)29(17(3)4)23(30)22(19-12-9-13-24-15-19)20(18-10-7-6-8-11-18)14-21-25-27-28(5)26-21;1-15(2)28(16(3)4)22(29)21(18-11-8-12-23-14-18)19(13-20-24-26-27-25-20)17-9-6-5-7-10-17;/h2*6-13,15-17,20,22H,14H2,1-5H3;5-12,14-16,19,21H,13H2,1-4H3,(H,24,25,26,27);/p+1. The Morgan fingerprint density at radius 2 is 0.789 bits per heavy atom. The van der Waals surface area contributed by atoms with Gasteiger partial charge in [-0.05, 0) is 140 Å². The van der Waals surface area contributed by atoms with Gasteiger partial charge in [-0.2, -0.15) is 14.7 Å². The van der Waals surface area contributed by atoms with Gasteiger partial charge in [0.05, 0.1) is 38.3 Å². The molecule has 6 atom stereocenters. The van der Waals surface area contributed by atoms with Gasteiger partial charge >= 0.3 is 5.82 Å². The third-order valence-electron chi connectivity index (χ3n) is 15.8. The van der Waals surface area contributed by atoms with E-state index in [4.69, 9.17) is 0 Å². The zero-order chi connectivity index (χ0) is 64.1. The number of amides is 3. The molecule has 0 saturated carbocycles. The molecule has 9 aromatic rings. The maximum atomic E-state index is 14.0. The van der Waals surface area contributed by atoms with E-state index in [2.05, 4.69) is 186 Å². The smallest absolute Gasteiger partial charge is 0.300 e. The number of pyridine rings is 3. The molecule has 3 aromatic carbocycles. The van der Waals surface area contributed by atoms with Gasteiger partial charge in [-0.1, -0.05) is 120 Å². The van der Waals surface area contributed by atoms with E-state index in [0.717, 1.165) is 39.2 Å². The van der Waals surface area contributed by atoms with Gasteiger partial charge in [0, 0.05) is 112 Å². The van der Waals surface area contributed by atoms with Crippen molar-refractivity contribution in [3.8, 4) is 0 Å². The van der Waals surface area contributed by atoms with Gasteiger partial charge in [-0.15, -0.1) is 20.4 Å². The van der Waals surface area contributed by atoms with Crippen LogP contribution in [0.4, 0.5) is 0 Å². The number of carbonyl (C=O) groups excluding carboxylic acids is 3. The van der Waals surface area contributed by atoms with Crippen LogP contribution in [0.2, 0.25) is 0 Å². The Labute approximate surface area is 532 Å². The van der Waals surface area contributed by atoms with E-state index in [1.807, 2.05) is 113 Å². The summed E-state index contributed by atoms with van der Waals surface area (Å²) in [5.74, 6) is 0.670. The van der Waals surface area contributed by atoms with Gasteiger partial charge in [-0.25, -0.2) is 0 Å². The highest BCUT2D eigenvalue weighted by molar-refractivity contribution is 5.87. The molecule has 22 heteroatoms. The van der Waals surface area contributed by atoms with Crippen LogP contribution >= 0.6 is 0 Å². The van der Waals surface area contributed by atoms with Crippen LogP contribution in [0, 0.1) is 0 Å². The fourth-order valence-corrected chi connectivity index (χ4v) is 12.2. The second-order valence-electron chi connectivity index (χ2n) is 24.1. The molecule has 0 aliphatic carbocycles. The van der Waals surface area contributed by atoms with Crippen LogP contribution < -0.4 is 4.68 Å². The van der Waals surface area contributed by atoms with Crippen LogP contribution in [-0.4, -0.2) is 148 Å². The Bertz CT molecular complexity index is 3480. The molecular weight excluding hydrogens is 1130 g/mol. The summed E-state index contributed by atoms with van der Waals surface area (Å²) in [7, 11) is 3.63. The van der Waals surface area contributed by atoms with Crippen LogP contribution in [0.1, 0.15) is 169 Å². The zero-order valence-corrected chi connectivity index (χ0v) is 54.6. The van der Waals surface area contributed by atoms with E-state index in [9.17, 15) is 14.4 Å². The number of hydrogen-bond acceptors (Lipinski definition) is 14. The lowest BCUT2D eigenvalue weighted by Crippen LogP contribution is -2.46. The van der Waals surface area contributed by atoms with Crippen molar-refractivity contribution in [3.05, 3.63) is 215 Å². The first-order valence-corrected chi connectivity index (χ1v) is 30.8. The van der Waals surface area contributed by atoms with E-state index in [1.165, 1.54) is 4.80 Å². The Kier molecular flexibility index (Phi) is 26.4. The third kappa shape index (κ3) is 18.4. The number of hydrogen-bond donors (Lipinski definition) is 2. The highest BCUT2D eigenvalue weighted by Crippen LogP contribution is 2.41. The summed E-state index contributed by atoms with van der Waals surface area (Å²) in [6.45, 7) is 24.7. The highest BCUT2D eigenvalue weighted by Gasteiger charge is 2.41. The first-order valence-electron chi connectivity index (χ1n) is 30.8. The summed E-state index contributed by atoms with van der Waals surface area (Å²) >= 11 is 0. The SMILES string of the molecule is CC(C)N(C(=O)C(c1cccnc1)C(Cc1nn[nH][n+]1C)c1ccccc1)C(C)C.CC(C)N(C(=O)C(c1cccnc1)C(Cc1nn[nH]n1)c1ccccc1)C(C)C.CC(C)N(C(=O)C(c1cccnc1)C(Cc1nnn(C)n1)c1ccccc1)C(C)C.[B]. The number of aromatic nitrogens is 15. The molecule has 6 heterocycles. The van der Waals surface area contributed by atoms with Crippen molar-refractivity contribution in [2.75, 3.05) is 0 Å². The molecule has 0 saturated heterocycles. The number of rotatable bonds is 24. The average molecular weight is 1220 g/mol. The van der Waals surface area contributed by atoms with Gasteiger partial charge < -0.3 is 14.7 Å². The topological polar surface area (TPSA) is 243 Å². The molecule has 3 amide bonds. The molecule has 9 rings (SSSR count). The normalized spacial score (nSPS) is 13.3. The lowest BCUT2D eigenvalue weighted by molar-refractivity contribution is -0.738. The molecule has 6 aromatic heterocycles. The van der Waals surface area contributed by atoms with Crippen molar-refractivity contribution in [1.29, 1.82) is 0 Å². The average Bonchev–Trinajstić information content (AvgIpc) is 1.18. The molecule has 21 nitrogen and oxygen atoms in total. The minimum Gasteiger partial charge on any atom is -0.337 e. The number of benzene rings is 3. The number of tetrazole rings is 3. The summed E-state index contributed by atoms with van der Waals surface area (Å²) < 4.78 is 1.80. The van der Waals surface area contributed by atoms with Gasteiger partial charge in [0.1, 0.15) is 5.10 Å². The molecule has 0 aliphatic rings. The number of aryl methyl sites for hydroxylation is 2. The van der Waals surface area contributed by atoms with Crippen molar-refractivity contribution < 1.29 is 19.1 Å². The van der Waals surface area contributed by atoms with Gasteiger partial charge in [0.15, 0.2) is 16.9 Å². The lowest BCUT2D eigenvalue weighted by atomic mass is 9.78. The summed E-state index contributed by atoms with van der Waals surface area (Å²) in [4.78, 5) is 62.1. The fourth-order valence-electron chi connectivity index (χ4n) is 12.2. The number of nitrogens with zero attached hydrogens (tertiary/aromatic N) is 16. The summed E-state index contributed by atoms with van der Waals surface area (Å²) in [5, 5.41) is 38.1. The van der Waals surface area contributed by atoms with Crippen molar-refractivity contribution >= 4 is 26.1 Å². The van der Waals surface area contributed by atoms with Crippen molar-refractivity contribution in [3.63, 3.8) is 0 Å². The predicted molar refractivity (Wildman–Crippen MR) is 347 cm³/mol. The van der Waals surface area contributed by atoms with Crippen molar-refractivity contribution in [1.82, 2.24) is 86.0 Å². The Hall–Kier alpha value is -9.21. The second-order valence-corrected chi connectivity index (χ2v) is 24.1. The molecule has 3 radical (unpaired) electrons. The highest BCUT2D eigenvalue weighted by atomic mass is 16.2. The second kappa shape index (κ2) is 34.0. The van der Waals surface area contributed by atoms with E-state index in [0.29, 0.717) is 30.9 Å². The largest absolute Gasteiger partial charge is 0.337 e.